The third-order valence-electron chi connectivity index (χ3n) is 4.26. The van der Waals surface area contributed by atoms with E-state index in [1.54, 1.807) is 18.3 Å². The van der Waals surface area contributed by atoms with Crippen LogP contribution in [0.2, 0.25) is 0 Å². The quantitative estimate of drug-likeness (QED) is 0.816. The molecule has 1 atom stereocenters. The van der Waals surface area contributed by atoms with Gasteiger partial charge in [0.05, 0.1) is 21.6 Å². The van der Waals surface area contributed by atoms with Crippen molar-refractivity contribution in [2.24, 2.45) is 0 Å². The van der Waals surface area contributed by atoms with Gasteiger partial charge in [0.15, 0.2) is 6.10 Å². The lowest BCUT2D eigenvalue weighted by atomic mass is 10.2. The maximum atomic E-state index is 12.0. The number of fused-ring (bicyclic) bond motifs is 1. The van der Waals surface area contributed by atoms with Crippen molar-refractivity contribution in [2.75, 3.05) is 0 Å². The minimum atomic E-state index is -0.742. The lowest BCUT2D eigenvalue weighted by Gasteiger charge is -2.17. The van der Waals surface area contributed by atoms with Crippen molar-refractivity contribution in [3.05, 3.63) is 29.3 Å². The molecular weight excluding hydrogens is 324 g/mol. The second-order valence-electron chi connectivity index (χ2n) is 6.20. The summed E-state index contributed by atoms with van der Waals surface area (Å²) in [6, 6.07) is 8.14. The average Bonchev–Trinajstić information content (AvgIpc) is 3.21. The predicted octanol–water partition coefficient (Wildman–Crippen LogP) is 3.22. The van der Waals surface area contributed by atoms with Crippen LogP contribution in [0, 0.1) is 0 Å². The predicted molar refractivity (Wildman–Crippen MR) is 93.9 cm³/mol. The Labute approximate surface area is 145 Å². The van der Waals surface area contributed by atoms with Crippen molar-refractivity contribution in [1.29, 1.82) is 0 Å². The zero-order valence-electron chi connectivity index (χ0n) is 13.8. The highest BCUT2D eigenvalue weighted by molar-refractivity contribution is 7.18. The average molecular weight is 346 g/mol. The molecule has 5 nitrogen and oxygen atoms in total. The highest BCUT2D eigenvalue weighted by Crippen LogP contribution is 2.22. The molecule has 1 aromatic heterocycles. The summed E-state index contributed by atoms with van der Waals surface area (Å²) in [5.41, 5.74) is 0.954. The third kappa shape index (κ3) is 4.32. The first-order chi connectivity index (χ1) is 11.6. The van der Waals surface area contributed by atoms with Crippen molar-refractivity contribution in [3.63, 3.8) is 0 Å². The minimum absolute atomic E-state index is 0.199. The number of nitrogens with one attached hydrogen (secondary N) is 1. The van der Waals surface area contributed by atoms with Crippen molar-refractivity contribution >= 4 is 33.4 Å². The van der Waals surface area contributed by atoms with Crippen molar-refractivity contribution in [1.82, 2.24) is 10.3 Å². The zero-order valence-corrected chi connectivity index (χ0v) is 14.6. The Bertz CT molecular complexity index is 689. The monoisotopic (exact) mass is 346 g/mol. The fourth-order valence-corrected chi connectivity index (χ4v) is 3.90. The molecule has 0 radical (unpaired) electrons. The molecule has 1 aromatic carbocycles. The smallest absolute Gasteiger partial charge is 0.306 e. The van der Waals surface area contributed by atoms with E-state index < -0.39 is 6.10 Å². The van der Waals surface area contributed by atoms with Crippen LogP contribution in [0.1, 0.15) is 44.0 Å². The molecular formula is C18H22N2O3S. The molecule has 0 bridgehead atoms. The van der Waals surface area contributed by atoms with Crippen LogP contribution < -0.4 is 5.32 Å². The number of carbonyl (C=O) groups excluding carboxylic acids is 2. The number of rotatable bonds is 6. The molecule has 0 aliphatic heterocycles. The minimum Gasteiger partial charge on any atom is -0.453 e. The van der Waals surface area contributed by atoms with Gasteiger partial charge >= 0.3 is 5.97 Å². The van der Waals surface area contributed by atoms with Crippen LogP contribution in [-0.4, -0.2) is 29.0 Å². The topological polar surface area (TPSA) is 68.3 Å². The number of ether oxygens (including phenoxy) is 1. The van der Waals surface area contributed by atoms with Gasteiger partial charge in [-0.1, -0.05) is 25.0 Å². The Hall–Kier alpha value is -1.95. The van der Waals surface area contributed by atoms with Gasteiger partial charge in [-0.3, -0.25) is 9.59 Å². The van der Waals surface area contributed by atoms with E-state index in [0.717, 1.165) is 40.9 Å². The first kappa shape index (κ1) is 16.9. The molecule has 1 heterocycles. The molecule has 0 spiro atoms. The van der Waals surface area contributed by atoms with E-state index in [1.165, 1.54) is 0 Å². The van der Waals surface area contributed by atoms with Crippen LogP contribution in [0.25, 0.3) is 10.2 Å². The fourth-order valence-electron chi connectivity index (χ4n) is 2.93. The van der Waals surface area contributed by atoms with Gasteiger partial charge in [-0.2, -0.15) is 0 Å². The number of hydrogen-bond donors (Lipinski definition) is 1. The molecule has 3 rings (SSSR count). The molecule has 1 saturated carbocycles. The van der Waals surface area contributed by atoms with Crippen molar-refractivity contribution < 1.29 is 14.3 Å². The molecule has 1 N–H and O–H groups in total. The maximum Gasteiger partial charge on any atom is 0.306 e. The zero-order chi connectivity index (χ0) is 16.9. The highest BCUT2D eigenvalue weighted by Gasteiger charge is 2.23. The molecule has 1 amide bonds. The maximum absolute atomic E-state index is 12.0. The van der Waals surface area contributed by atoms with E-state index in [9.17, 15) is 9.59 Å². The number of aryl methyl sites for hydroxylation is 1. The van der Waals surface area contributed by atoms with Crippen molar-refractivity contribution in [2.45, 2.75) is 57.6 Å². The van der Waals surface area contributed by atoms with Gasteiger partial charge in [0, 0.05) is 12.5 Å². The van der Waals surface area contributed by atoms with Crippen LogP contribution in [0.4, 0.5) is 0 Å². The number of aromatic nitrogens is 1. The van der Waals surface area contributed by atoms with Crippen LogP contribution in [0.15, 0.2) is 24.3 Å². The van der Waals surface area contributed by atoms with Crippen molar-refractivity contribution in [3.8, 4) is 0 Å². The Balaban J connectivity index is 1.45. The molecule has 24 heavy (non-hydrogen) atoms. The summed E-state index contributed by atoms with van der Waals surface area (Å²) in [6.45, 7) is 1.62. The Morgan fingerprint density at radius 1 is 1.33 bits per heavy atom. The van der Waals surface area contributed by atoms with E-state index in [4.69, 9.17) is 4.74 Å². The standard InChI is InChI=1S/C18H22N2O3S/c1-12(18(22)19-13-6-2-3-7-13)23-17(21)11-10-16-20-14-8-4-5-9-15(14)24-16/h4-5,8-9,12-13H,2-3,6-7,10-11H2,1H3,(H,19,22). The van der Waals surface area contributed by atoms with Crippen LogP contribution >= 0.6 is 11.3 Å². The largest absolute Gasteiger partial charge is 0.453 e. The molecule has 6 heteroatoms. The number of amides is 1. The highest BCUT2D eigenvalue weighted by atomic mass is 32.1. The second kappa shape index (κ2) is 7.75. The molecule has 1 aliphatic carbocycles. The molecule has 0 saturated heterocycles. The number of nitrogens with zero attached hydrogens (tertiary/aromatic N) is 1. The van der Waals surface area contributed by atoms with Gasteiger partial charge in [-0.05, 0) is 31.9 Å². The SMILES string of the molecule is CC(OC(=O)CCc1nc2ccccc2s1)C(=O)NC1CCCC1. The summed E-state index contributed by atoms with van der Waals surface area (Å²) in [7, 11) is 0. The fraction of sp³-hybridized carbons (Fsp3) is 0.500. The Kier molecular flexibility index (Phi) is 5.45. The van der Waals surface area contributed by atoms with Gasteiger partial charge in [0.25, 0.3) is 5.91 Å². The normalized spacial score (nSPS) is 16.2. The summed E-state index contributed by atoms with van der Waals surface area (Å²) < 4.78 is 6.36. The van der Waals surface area contributed by atoms with Crippen LogP contribution in [-0.2, 0) is 20.7 Å². The molecule has 1 aliphatic rings. The Morgan fingerprint density at radius 3 is 2.83 bits per heavy atom. The summed E-state index contributed by atoms with van der Waals surface area (Å²) >= 11 is 1.59. The van der Waals surface area contributed by atoms with E-state index in [0.29, 0.717) is 6.42 Å². The van der Waals surface area contributed by atoms with E-state index in [-0.39, 0.29) is 24.3 Å². The van der Waals surface area contributed by atoms with E-state index in [2.05, 4.69) is 10.3 Å². The number of para-hydroxylation sites is 1. The van der Waals surface area contributed by atoms with E-state index in [1.807, 2.05) is 24.3 Å². The summed E-state index contributed by atoms with van der Waals surface area (Å²) in [5, 5.41) is 3.86. The number of hydrogen-bond acceptors (Lipinski definition) is 5. The van der Waals surface area contributed by atoms with E-state index >= 15 is 0 Å². The molecule has 2 aromatic rings. The molecule has 128 valence electrons. The summed E-state index contributed by atoms with van der Waals surface area (Å²) in [6.07, 6.45) is 4.38. The lowest BCUT2D eigenvalue weighted by molar-refractivity contribution is -0.155. The lowest BCUT2D eigenvalue weighted by Crippen LogP contribution is -2.40. The first-order valence-electron chi connectivity index (χ1n) is 8.46. The van der Waals surface area contributed by atoms with Crippen LogP contribution in [0.3, 0.4) is 0 Å². The number of benzene rings is 1. The molecule has 1 fully saturated rings. The Morgan fingerprint density at radius 2 is 2.08 bits per heavy atom. The van der Waals surface area contributed by atoms with Crippen LogP contribution in [0.5, 0.6) is 0 Å². The number of thiazole rings is 1. The molecule has 1 unspecified atom stereocenters. The van der Waals surface area contributed by atoms with Gasteiger partial charge < -0.3 is 10.1 Å². The third-order valence-corrected chi connectivity index (χ3v) is 5.36. The van der Waals surface area contributed by atoms with Gasteiger partial charge in [0.2, 0.25) is 0 Å². The number of carbonyl (C=O) groups is 2. The first-order valence-corrected chi connectivity index (χ1v) is 9.28. The van der Waals surface area contributed by atoms with Gasteiger partial charge in [-0.25, -0.2) is 4.98 Å². The summed E-state index contributed by atoms with van der Waals surface area (Å²) in [5.74, 6) is -0.557. The summed E-state index contributed by atoms with van der Waals surface area (Å²) in [4.78, 5) is 28.5. The second-order valence-corrected chi connectivity index (χ2v) is 7.31. The van der Waals surface area contributed by atoms with Gasteiger partial charge in [0.1, 0.15) is 0 Å². The number of esters is 1. The van der Waals surface area contributed by atoms with Gasteiger partial charge in [-0.15, -0.1) is 11.3 Å².